The molecular weight excluding hydrogens is 266 g/mol. The Labute approximate surface area is 123 Å². The molecule has 2 aromatic heterocycles. The first-order valence-electron chi connectivity index (χ1n) is 7.77. The monoisotopic (exact) mass is 287 g/mol. The highest BCUT2D eigenvalue weighted by Crippen LogP contribution is 2.31. The van der Waals surface area contributed by atoms with Gasteiger partial charge in [0, 0.05) is 19.1 Å². The molecule has 2 bridgehead atoms. The summed E-state index contributed by atoms with van der Waals surface area (Å²) in [7, 11) is 0. The van der Waals surface area contributed by atoms with Gasteiger partial charge >= 0.3 is 0 Å². The van der Waals surface area contributed by atoms with E-state index in [1.807, 2.05) is 6.92 Å². The summed E-state index contributed by atoms with van der Waals surface area (Å²) in [5.41, 5.74) is 0.782. The Bertz CT molecular complexity index is 629. The largest absolute Gasteiger partial charge is 0.365 e. The number of nitrogens with one attached hydrogen (secondary N) is 3. The van der Waals surface area contributed by atoms with Crippen molar-refractivity contribution in [1.29, 1.82) is 0 Å². The van der Waals surface area contributed by atoms with E-state index in [0.29, 0.717) is 12.0 Å². The number of hydrogen-bond acceptors (Lipinski definition) is 6. The lowest BCUT2D eigenvalue weighted by Gasteiger charge is -2.45. The molecule has 0 aliphatic carbocycles. The molecule has 0 spiro atoms. The fourth-order valence-corrected chi connectivity index (χ4v) is 3.49. The van der Waals surface area contributed by atoms with Crippen molar-refractivity contribution >= 4 is 22.8 Å². The summed E-state index contributed by atoms with van der Waals surface area (Å²) in [6, 6.07) is 0.481. The molecule has 3 N–H and O–H groups in total. The Morgan fingerprint density at radius 3 is 2.90 bits per heavy atom. The Balaban J connectivity index is 1.64. The summed E-state index contributed by atoms with van der Waals surface area (Å²) >= 11 is 0. The molecule has 21 heavy (non-hydrogen) atoms. The predicted molar refractivity (Wildman–Crippen MR) is 82.4 cm³/mol. The molecular formula is C14H21N7. The zero-order chi connectivity index (χ0) is 14.2. The quantitative estimate of drug-likeness (QED) is 0.786. The number of fused-ring (bicyclic) bond motifs is 4. The van der Waals surface area contributed by atoms with E-state index >= 15 is 0 Å². The zero-order valence-electron chi connectivity index (χ0n) is 12.3. The van der Waals surface area contributed by atoms with Gasteiger partial charge in [-0.3, -0.25) is 5.10 Å². The van der Waals surface area contributed by atoms with Crippen molar-refractivity contribution in [2.75, 3.05) is 36.8 Å². The van der Waals surface area contributed by atoms with Crippen LogP contribution in [0.4, 0.5) is 11.8 Å². The van der Waals surface area contributed by atoms with E-state index in [0.717, 1.165) is 35.9 Å². The molecule has 5 heterocycles. The number of piperidine rings is 3. The van der Waals surface area contributed by atoms with Gasteiger partial charge in [-0.05, 0) is 38.8 Å². The molecule has 0 aromatic carbocycles. The van der Waals surface area contributed by atoms with Gasteiger partial charge in [-0.2, -0.15) is 15.1 Å². The molecule has 3 fully saturated rings. The van der Waals surface area contributed by atoms with Gasteiger partial charge in [-0.15, -0.1) is 0 Å². The Kier molecular flexibility index (Phi) is 3.14. The fraction of sp³-hybridized carbons (Fsp3) is 0.643. The third-order valence-corrected chi connectivity index (χ3v) is 4.62. The number of aromatic amines is 1. The van der Waals surface area contributed by atoms with Crippen molar-refractivity contribution < 1.29 is 0 Å². The van der Waals surface area contributed by atoms with E-state index in [1.54, 1.807) is 6.20 Å². The normalized spacial score (nSPS) is 28.0. The Hall–Kier alpha value is -1.89. The van der Waals surface area contributed by atoms with Crippen LogP contribution in [-0.4, -0.2) is 57.3 Å². The second kappa shape index (κ2) is 5.14. The second-order valence-corrected chi connectivity index (χ2v) is 5.95. The first-order chi connectivity index (χ1) is 10.3. The van der Waals surface area contributed by atoms with Gasteiger partial charge in [0.25, 0.3) is 0 Å². The molecule has 5 rings (SSSR count). The fourth-order valence-electron chi connectivity index (χ4n) is 3.49. The van der Waals surface area contributed by atoms with Crippen LogP contribution in [0.15, 0.2) is 6.20 Å². The van der Waals surface area contributed by atoms with E-state index in [1.165, 1.54) is 25.9 Å². The van der Waals surface area contributed by atoms with Crippen LogP contribution in [0.25, 0.3) is 11.0 Å². The summed E-state index contributed by atoms with van der Waals surface area (Å²) in [4.78, 5) is 11.6. The smallest absolute Gasteiger partial charge is 0.226 e. The van der Waals surface area contributed by atoms with Crippen LogP contribution < -0.4 is 10.6 Å². The number of aromatic nitrogens is 4. The van der Waals surface area contributed by atoms with Crippen LogP contribution in [0.2, 0.25) is 0 Å². The van der Waals surface area contributed by atoms with E-state index in [2.05, 4.69) is 35.7 Å². The molecule has 1 unspecified atom stereocenters. The van der Waals surface area contributed by atoms with Gasteiger partial charge in [0.05, 0.1) is 11.6 Å². The molecule has 0 saturated carbocycles. The number of anilines is 2. The van der Waals surface area contributed by atoms with Gasteiger partial charge in [0.1, 0.15) is 5.82 Å². The number of rotatable bonds is 4. The summed E-state index contributed by atoms with van der Waals surface area (Å²) in [5.74, 6) is 2.30. The standard InChI is InChI=1S/C14H21N7/c1-2-15-14-18-12(10-7-16-20-13(10)19-14)17-11-8-21-5-3-9(11)4-6-21/h7,9,11H,2-6,8H2,1H3,(H3,15,16,17,18,19,20). The zero-order valence-corrected chi connectivity index (χ0v) is 12.3. The minimum absolute atomic E-state index is 0.481. The molecule has 7 heteroatoms. The third-order valence-electron chi connectivity index (χ3n) is 4.62. The van der Waals surface area contributed by atoms with Gasteiger partial charge < -0.3 is 15.5 Å². The average Bonchev–Trinajstić information content (AvgIpc) is 2.97. The lowest BCUT2D eigenvalue weighted by Crippen LogP contribution is -2.53. The van der Waals surface area contributed by atoms with Crippen LogP contribution in [-0.2, 0) is 0 Å². The van der Waals surface area contributed by atoms with Gasteiger partial charge in [0.2, 0.25) is 5.95 Å². The maximum atomic E-state index is 4.63. The molecule has 7 nitrogen and oxygen atoms in total. The van der Waals surface area contributed by atoms with Crippen LogP contribution in [0.1, 0.15) is 19.8 Å². The molecule has 3 saturated heterocycles. The Morgan fingerprint density at radius 1 is 1.33 bits per heavy atom. The maximum absolute atomic E-state index is 4.63. The van der Waals surface area contributed by atoms with Crippen molar-refractivity contribution in [3.63, 3.8) is 0 Å². The lowest BCUT2D eigenvalue weighted by molar-refractivity contribution is 0.0974. The molecule has 0 amide bonds. The van der Waals surface area contributed by atoms with Crippen molar-refractivity contribution in [3.8, 4) is 0 Å². The minimum atomic E-state index is 0.481. The maximum Gasteiger partial charge on any atom is 0.226 e. The minimum Gasteiger partial charge on any atom is -0.365 e. The first-order valence-corrected chi connectivity index (χ1v) is 7.77. The van der Waals surface area contributed by atoms with Crippen molar-refractivity contribution in [2.24, 2.45) is 5.92 Å². The van der Waals surface area contributed by atoms with Crippen LogP contribution in [0.5, 0.6) is 0 Å². The molecule has 1 atom stereocenters. The predicted octanol–water partition coefficient (Wildman–Crippen LogP) is 1.29. The highest BCUT2D eigenvalue weighted by Gasteiger charge is 2.34. The van der Waals surface area contributed by atoms with Crippen molar-refractivity contribution in [2.45, 2.75) is 25.8 Å². The average molecular weight is 287 g/mol. The highest BCUT2D eigenvalue weighted by atomic mass is 15.2. The van der Waals surface area contributed by atoms with Crippen LogP contribution in [0.3, 0.4) is 0 Å². The summed E-state index contributed by atoms with van der Waals surface area (Å²) in [6.07, 6.45) is 4.38. The van der Waals surface area contributed by atoms with E-state index in [-0.39, 0.29) is 0 Å². The number of hydrogen-bond donors (Lipinski definition) is 3. The van der Waals surface area contributed by atoms with Gasteiger partial charge in [-0.25, -0.2) is 0 Å². The summed E-state index contributed by atoms with van der Waals surface area (Å²) in [6.45, 7) is 6.46. The van der Waals surface area contributed by atoms with Gasteiger partial charge in [0.15, 0.2) is 5.65 Å². The van der Waals surface area contributed by atoms with Crippen LogP contribution in [0, 0.1) is 5.92 Å². The summed E-state index contributed by atoms with van der Waals surface area (Å²) in [5, 5.41) is 14.8. The molecule has 2 aromatic rings. The van der Waals surface area contributed by atoms with Crippen molar-refractivity contribution in [1.82, 2.24) is 25.1 Å². The number of nitrogens with zero attached hydrogens (tertiary/aromatic N) is 4. The topological polar surface area (TPSA) is 81.8 Å². The molecule has 0 radical (unpaired) electrons. The van der Waals surface area contributed by atoms with Crippen LogP contribution >= 0.6 is 0 Å². The summed E-state index contributed by atoms with van der Waals surface area (Å²) < 4.78 is 0. The Morgan fingerprint density at radius 2 is 2.19 bits per heavy atom. The van der Waals surface area contributed by atoms with Crippen molar-refractivity contribution in [3.05, 3.63) is 6.20 Å². The van der Waals surface area contributed by atoms with E-state index in [9.17, 15) is 0 Å². The molecule has 3 aliphatic heterocycles. The SMILES string of the molecule is CCNc1nc(NC2CN3CCC2CC3)c2cn[nH]c2n1. The second-order valence-electron chi connectivity index (χ2n) is 5.95. The van der Waals surface area contributed by atoms with E-state index in [4.69, 9.17) is 0 Å². The number of H-pyrrole nitrogens is 1. The van der Waals surface area contributed by atoms with E-state index < -0.39 is 0 Å². The highest BCUT2D eigenvalue weighted by molar-refractivity contribution is 5.87. The molecule has 3 aliphatic rings. The third kappa shape index (κ3) is 2.31. The first kappa shape index (κ1) is 12.8. The van der Waals surface area contributed by atoms with Gasteiger partial charge in [-0.1, -0.05) is 0 Å². The molecule has 112 valence electrons. The lowest BCUT2D eigenvalue weighted by atomic mass is 9.84.